The number of aryl methyl sites for hydroxylation is 2. The highest BCUT2D eigenvalue weighted by Gasteiger charge is 2.25. The van der Waals surface area contributed by atoms with Gasteiger partial charge < -0.3 is 15.0 Å². The molecule has 3 rings (SSSR count). The molecule has 2 aromatic rings. The van der Waals surface area contributed by atoms with Gasteiger partial charge in [-0.15, -0.1) is 0 Å². The smallest absolute Gasteiger partial charge is 0.303 e. The summed E-state index contributed by atoms with van der Waals surface area (Å²) in [5, 5.41) is 13.5. The number of hydrogen-bond acceptors (Lipinski definition) is 2. The largest absolute Gasteiger partial charge is 0.481 e. The Morgan fingerprint density at radius 3 is 2.60 bits per heavy atom. The molecule has 0 saturated heterocycles. The fourth-order valence-corrected chi connectivity index (χ4v) is 3.93. The lowest BCUT2D eigenvalue weighted by Gasteiger charge is -2.28. The van der Waals surface area contributed by atoms with Gasteiger partial charge in [-0.25, -0.2) is 0 Å². The molecule has 134 valence electrons. The van der Waals surface area contributed by atoms with Gasteiger partial charge in [-0.1, -0.05) is 17.7 Å². The van der Waals surface area contributed by atoms with Crippen molar-refractivity contribution in [1.82, 2.24) is 9.88 Å². The van der Waals surface area contributed by atoms with Crippen LogP contribution in [0.25, 0.3) is 10.9 Å². The van der Waals surface area contributed by atoms with Gasteiger partial charge in [0.05, 0.1) is 5.02 Å². The van der Waals surface area contributed by atoms with Crippen molar-refractivity contribution in [3.8, 4) is 0 Å². The minimum Gasteiger partial charge on any atom is -0.481 e. The Morgan fingerprint density at radius 2 is 1.96 bits per heavy atom. The summed E-state index contributed by atoms with van der Waals surface area (Å²) < 4.78 is 1.87. The number of aromatic nitrogens is 1. The van der Waals surface area contributed by atoms with E-state index in [9.17, 15) is 9.59 Å². The lowest BCUT2D eigenvalue weighted by molar-refractivity contribution is -0.138. The minimum atomic E-state index is -0.741. The third-order valence-corrected chi connectivity index (χ3v) is 5.73. The molecular formula is C19H23ClN2O3. The van der Waals surface area contributed by atoms with Gasteiger partial charge in [0.15, 0.2) is 0 Å². The van der Waals surface area contributed by atoms with E-state index >= 15 is 0 Å². The van der Waals surface area contributed by atoms with Gasteiger partial charge in [0.2, 0.25) is 0 Å². The van der Waals surface area contributed by atoms with Crippen LogP contribution in [0, 0.1) is 12.8 Å². The average molecular weight is 363 g/mol. The van der Waals surface area contributed by atoms with Crippen molar-refractivity contribution in [2.45, 2.75) is 45.1 Å². The van der Waals surface area contributed by atoms with Crippen molar-refractivity contribution in [3.05, 3.63) is 34.5 Å². The molecule has 1 aliphatic rings. The second kappa shape index (κ2) is 7.08. The molecule has 1 heterocycles. The molecule has 1 fully saturated rings. The molecule has 0 unspecified atom stereocenters. The minimum absolute atomic E-state index is 0.103. The number of hydrogen-bond donors (Lipinski definition) is 2. The van der Waals surface area contributed by atoms with E-state index in [1.54, 1.807) is 0 Å². The second-order valence-corrected chi connectivity index (χ2v) is 7.38. The highest BCUT2D eigenvalue weighted by molar-refractivity contribution is 6.36. The maximum absolute atomic E-state index is 12.7. The molecule has 1 aromatic carbocycles. The average Bonchev–Trinajstić information content (AvgIpc) is 2.90. The number of aliphatic carboxylic acids is 1. The molecule has 25 heavy (non-hydrogen) atoms. The van der Waals surface area contributed by atoms with E-state index in [0.29, 0.717) is 10.7 Å². The van der Waals surface area contributed by atoms with Gasteiger partial charge in [0.25, 0.3) is 5.91 Å². The van der Waals surface area contributed by atoms with Crippen molar-refractivity contribution in [2.24, 2.45) is 13.0 Å². The van der Waals surface area contributed by atoms with Crippen LogP contribution >= 0.6 is 11.6 Å². The lowest BCUT2D eigenvalue weighted by Crippen LogP contribution is -2.38. The summed E-state index contributed by atoms with van der Waals surface area (Å²) in [5.41, 5.74) is 2.52. The Balaban J connectivity index is 1.70. The van der Waals surface area contributed by atoms with Gasteiger partial charge in [-0.05, 0) is 56.2 Å². The number of carbonyl (C=O) groups excluding carboxylic acids is 1. The number of benzene rings is 1. The number of nitrogens with zero attached hydrogens (tertiary/aromatic N) is 1. The monoisotopic (exact) mass is 362 g/mol. The summed E-state index contributed by atoms with van der Waals surface area (Å²) in [7, 11) is 1.87. The second-order valence-electron chi connectivity index (χ2n) is 7.01. The Hall–Kier alpha value is -2.01. The van der Waals surface area contributed by atoms with E-state index in [-0.39, 0.29) is 24.3 Å². The third-order valence-electron chi connectivity index (χ3n) is 5.23. The van der Waals surface area contributed by atoms with Crippen molar-refractivity contribution < 1.29 is 14.7 Å². The normalized spacial score (nSPS) is 20.6. The SMILES string of the molecule is Cc1ccc2c(cc(C(=O)NC3CCC(CC(=O)O)CC3)n2C)c1Cl. The predicted molar refractivity (Wildman–Crippen MR) is 98.1 cm³/mol. The predicted octanol–water partition coefficient (Wildman–Crippen LogP) is 3.90. The molecule has 1 aromatic heterocycles. The van der Waals surface area contributed by atoms with Crippen LogP contribution in [-0.2, 0) is 11.8 Å². The van der Waals surface area contributed by atoms with Gasteiger partial charge in [-0.3, -0.25) is 9.59 Å². The maximum Gasteiger partial charge on any atom is 0.303 e. The third kappa shape index (κ3) is 3.66. The zero-order valence-corrected chi connectivity index (χ0v) is 15.3. The molecule has 2 N–H and O–H groups in total. The van der Waals surface area contributed by atoms with E-state index in [2.05, 4.69) is 5.32 Å². The van der Waals surface area contributed by atoms with Crippen LogP contribution in [-0.4, -0.2) is 27.6 Å². The Kier molecular flexibility index (Phi) is 5.04. The number of nitrogens with one attached hydrogen (secondary N) is 1. The fraction of sp³-hybridized carbons (Fsp3) is 0.474. The first-order valence-corrected chi connectivity index (χ1v) is 9.01. The molecule has 1 aliphatic carbocycles. The van der Waals surface area contributed by atoms with Gasteiger partial charge in [-0.2, -0.15) is 0 Å². The van der Waals surface area contributed by atoms with Crippen LogP contribution in [0.2, 0.25) is 5.02 Å². The van der Waals surface area contributed by atoms with E-state index < -0.39 is 5.97 Å². The van der Waals surface area contributed by atoms with Crippen LogP contribution in [0.4, 0.5) is 0 Å². The van der Waals surface area contributed by atoms with Crippen LogP contribution in [0.3, 0.4) is 0 Å². The van der Waals surface area contributed by atoms with Crippen LogP contribution in [0.5, 0.6) is 0 Å². The highest BCUT2D eigenvalue weighted by Crippen LogP contribution is 2.30. The Morgan fingerprint density at radius 1 is 1.28 bits per heavy atom. The van der Waals surface area contributed by atoms with Crippen LogP contribution in [0.1, 0.15) is 48.2 Å². The fourth-order valence-electron chi connectivity index (χ4n) is 3.72. The number of halogens is 1. The summed E-state index contributed by atoms with van der Waals surface area (Å²) in [5.74, 6) is -0.616. The highest BCUT2D eigenvalue weighted by atomic mass is 35.5. The number of amides is 1. The molecule has 0 spiro atoms. The first-order chi connectivity index (χ1) is 11.9. The van der Waals surface area contributed by atoms with E-state index in [0.717, 1.165) is 42.1 Å². The summed E-state index contributed by atoms with van der Waals surface area (Å²) in [6.07, 6.45) is 3.57. The van der Waals surface area contributed by atoms with Gasteiger partial charge >= 0.3 is 5.97 Å². The summed E-state index contributed by atoms with van der Waals surface area (Å²) in [4.78, 5) is 23.5. The quantitative estimate of drug-likeness (QED) is 0.866. The topological polar surface area (TPSA) is 71.3 Å². The number of fused-ring (bicyclic) bond motifs is 1. The molecule has 0 bridgehead atoms. The zero-order valence-electron chi connectivity index (χ0n) is 14.5. The first kappa shape index (κ1) is 17.8. The molecule has 6 heteroatoms. The van der Waals surface area contributed by atoms with Crippen LogP contribution < -0.4 is 5.32 Å². The standard InChI is InChI=1S/C19H23ClN2O3/c1-11-3-8-15-14(18(11)20)10-16(22(15)2)19(25)21-13-6-4-12(5-7-13)9-17(23)24/h3,8,10,12-13H,4-7,9H2,1-2H3,(H,21,25)(H,23,24). The lowest BCUT2D eigenvalue weighted by atomic mass is 9.84. The van der Waals surface area contributed by atoms with Crippen molar-refractivity contribution >= 4 is 34.4 Å². The zero-order chi connectivity index (χ0) is 18.1. The molecule has 1 amide bonds. The maximum atomic E-state index is 12.7. The van der Waals surface area contributed by atoms with Crippen molar-refractivity contribution in [2.75, 3.05) is 0 Å². The van der Waals surface area contributed by atoms with Crippen molar-refractivity contribution in [1.29, 1.82) is 0 Å². The summed E-state index contributed by atoms with van der Waals surface area (Å²) in [6, 6.07) is 5.88. The molecule has 1 saturated carbocycles. The van der Waals surface area contributed by atoms with Gasteiger partial charge in [0.1, 0.15) is 5.69 Å². The van der Waals surface area contributed by atoms with Gasteiger partial charge in [0, 0.05) is 30.4 Å². The molecule has 0 atom stereocenters. The Bertz CT molecular complexity index is 820. The van der Waals surface area contributed by atoms with E-state index in [1.165, 1.54) is 0 Å². The molecule has 5 nitrogen and oxygen atoms in total. The Labute approximate surface area is 152 Å². The van der Waals surface area contributed by atoms with Crippen molar-refractivity contribution in [3.63, 3.8) is 0 Å². The molecule has 0 aliphatic heterocycles. The molecule has 0 radical (unpaired) electrons. The van der Waals surface area contributed by atoms with E-state index in [4.69, 9.17) is 16.7 Å². The van der Waals surface area contributed by atoms with E-state index in [1.807, 2.05) is 36.7 Å². The first-order valence-electron chi connectivity index (χ1n) is 8.64. The number of rotatable bonds is 4. The number of carboxylic acids is 1. The summed E-state index contributed by atoms with van der Waals surface area (Å²) in [6.45, 7) is 1.95. The number of carboxylic acid groups (broad SMARTS) is 1. The molecular weight excluding hydrogens is 340 g/mol. The summed E-state index contributed by atoms with van der Waals surface area (Å²) >= 11 is 6.37. The number of carbonyl (C=O) groups is 2. The van der Waals surface area contributed by atoms with Crippen LogP contribution in [0.15, 0.2) is 18.2 Å².